The second-order valence-electron chi connectivity index (χ2n) is 5.40. The number of nitrogens with zero attached hydrogens (tertiary/aromatic N) is 1. The summed E-state index contributed by atoms with van der Waals surface area (Å²) in [5.74, 6) is 0. The van der Waals surface area contributed by atoms with Crippen molar-refractivity contribution >= 4 is 0 Å². The molecule has 1 heterocycles. The molecule has 0 radical (unpaired) electrons. The first-order valence-electron chi connectivity index (χ1n) is 6.03. The van der Waals surface area contributed by atoms with Gasteiger partial charge in [0.15, 0.2) is 0 Å². The molecule has 16 heavy (non-hydrogen) atoms. The molecule has 0 unspecified atom stereocenters. The lowest BCUT2D eigenvalue weighted by molar-refractivity contribution is 0.0918. The molecule has 0 aliphatic carbocycles. The van der Waals surface area contributed by atoms with Crippen LogP contribution < -0.4 is 0 Å². The molecule has 1 aromatic rings. The second kappa shape index (κ2) is 4.42. The van der Waals surface area contributed by atoms with Crippen molar-refractivity contribution in [1.82, 2.24) is 4.90 Å². The Bertz CT molecular complexity index is 364. The summed E-state index contributed by atoms with van der Waals surface area (Å²) in [4.78, 5) is 2.57. The maximum Gasteiger partial charge on any atom is 0.0239 e. The molecule has 0 spiro atoms. The van der Waals surface area contributed by atoms with Gasteiger partial charge in [0.2, 0.25) is 0 Å². The highest BCUT2D eigenvalue weighted by Crippen LogP contribution is 2.31. The van der Waals surface area contributed by atoms with Crippen LogP contribution >= 0.6 is 0 Å². The van der Waals surface area contributed by atoms with Crippen LogP contribution in [0.2, 0.25) is 0 Å². The van der Waals surface area contributed by atoms with E-state index in [1.807, 2.05) is 0 Å². The van der Waals surface area contributed by atoms with E-state index in [0.29, 0.717) is 0 Å². The monoisotopic (exact) mass is 215 g/mol. The molecule has 0 saturated carbocycles. The molecule has 86 valence electrons. The fourth-order valence-corrected chi connectivity index (χ4v) is 2.50. The number of likely N-dealkylation sites (tertiary alicyclic amines) is 1. The van der Waals surface area contributed by atoms with Gasteiger partial charge in [0.05, 0.1) is 0 Å². The Morgan fingerprint density at radius 1 is 1.25 bits per heavy atom. The van der Waals surface area contributed by atoms with Crippen molar-refractivity contribution in [3.8, 4) is 0 Å². The smallest absolute Gasteiger partial charge is 0.0239 e. The molecule has 1 aliphatic rings. The van der Waals surface area contributed by atoms with Crippen molar-refractivity contribution in [3.63, 3.8) is 0 Å². The van der Waals surface area contributed by atoms with E-state index in [1.165, 1.54) is 11.1 Å². The van der Waals surface area contributed by atoms with E-state index in [2.05, 4.69) is 55.7 Å². The van der Waals surface area contributed by atoms with Crippen LogP contribution in [0.4, 0.5) is 0 Å². The van der Waals surface area contributed by atoms with E-state index in [9.17, 15) is 0 Å². The van der Waals surface area contributed by atoms with Crippen molar-refractivity contribution < 1.29 is 0 Å². The number of rotatable bonds is 2. The third-order valence-electron chi connectivity index (χ3n) is 3.49. The molecule has 1 heteroatoms. The van der Waals surface area contributed by atoms with Gasteiger partial charge in [-0.1, -0.05) is 42.5 Å². The van der Waals surface area contributed by atoms with E-state index in [1.54, 1.807) is 0 Å². The first-order valence-corrected chi connectivity index (χ1v) is 6.03. The highest BCUT2D eigenvalue weighted by Gasteiger charge is 2.30. The molecule has 1 fully saturated rings. The van der Waals surface area contributed by atoms with Crippen molar-refractivity contribution in [2.24, 2.45) is 0 Å². The summed E-state index contributed by atoms with van der Waals surface area (Å²) < 4.78 is 0. The van der Waals surface area contributed by atoms with Gasteiger partial charge in [-0.15, -0.1) is 0 Å². The molecule has 1 nitrogen and oxygen atoms in total. The lowest BCUT2D eigenvalue weighted by Crippen LogP contribution is -2.47. The van der Waals surface area contributed by atoms with Crippen molar-refractivity contribution in [3.05, 3.63) is 48.0 Å². The first-order chi connectivity index (χ1) is 7.58. The number of hydrogen-bond donors (Lipinski definition) is 0. The third-order valence-corrected chi connectivity index (χ3v) is 3.49. The maximum absolute atomic E-state index is 4.12. The summed E-state index contributed by atoms with van der Waals surface area (Å²) in [6.07, 6.45) is 2.27. The molecule has 0 atom stereocenters. The van der Waals surface area contributed by atoms with Gasteiger partial charge in [-0.2, -0.15) is 0 Å². The van der Waals surface area contributed by atoms with Gasteiger partial charge in [0, 0.05) is 18.6 Å². The second-order valence-corrected chi connectivity index (χ2v) is 5.40. The standard InChI is InChI=1S/C15H21N/c1-13-9-10-16(15(2,3)11-13)12-14-7-5-4-6-8-14/h4-8H,1,9-12H2,2-3H3. The zero-order valence-corrected chi connectivity index (χ0v) is 10.4. The molecule has 0 bridgehead atoms. The predicted molar refractivity (Wildman–Crippen MR) is 69.3 cm³/mol. The Morgan fingerprint density at radius 3 is 2.56 bits per heavy atom. The lowest BCUT2D eigenvalue weighted by atomic mass is 9.87. The average molecular weight is 215 g/mol. The fourth-order valence-electron chi connectivity index (χ4n) is 2.50. The zero-order valence-electron chi connectivity index (χ0n) is 10.4. The maximum atomic E-state index is 4.12. The van der Waals surface area contributed by atoms with Crippen molar-refractivity contribution in [1.29, 1.82) is 0 Å². The highest BCUT2D eigenvalue weighted by molar-refractivity contribution is 5.16. The Morgan fingerprint density at radius 2 is 1.94 bits per heavy atom. The molecule has 1 aliphatic heterocycles. The van der Waals surface area contributed by atoms with Gasteiger partial charge in [0.1, 0.15) is 0 Å². The quantitative estimate of drug-likeness (QED) is 0.681. The van der Waals surface area contributed by atoms with E-state index in [4.69, 9.17) is 0 Å². The Balaban J connectivity index is 2.07. The van der Waals surface area contributed by atoms with Gasteiger partial charge >= 0.3 is 0 Å². The zero-order chi connectivity index (χ0) is 11.6. The van der Waals surface area contributed by atoms with Crippen LogP contribution in [-0.4, -0.2) is 17.0 Å². The van der Waals surface area contributed by atoms with E-state index < -0.39 is 0 Å². The fraction of sp³-hybridized carbons (Fsp3) is 0.467. The summed E-state index contributed by atoms with van der Waals surface area (Å²) in [6, 6.07) is 10.7. The molecule has 2 rings (SSSR count). The summed E-state index contributed by atoms with van der Waals surface area (Å²) in [7, 11) is 0. The molecule has 1 saturated heterocycles. The highest BCUT2D eigenvalue weighted by atomic mass is 15.2. The van der Waals surface area contributed by atoms with Crippen LogP contribution in [0.25, 0.3) is 0 Å². The van der Waals surface area contributed by atoms with Gasteiger partial charge in [-0.05, 0) is 32.3 Å². The Labute approximate surface area is 98.8 Å². The minimum Gasteiger partial charge on any atom is -0.293 e. The van der Waals surface area contributed by atoms with Crippen LogP contribution in [0.15, 0.2) is 42.5 Å². The Hall–Kier alpha value is -1.08. The number of hydrogen-bond acceptors (Lipinski definition) is 1. The van der Waals surface area contributed by atoms with Crippen LogP contribution in [0.5, 0.6) is 0 Å². The Kier molecular flexibility index (Phi) is 3.15. The summed E-state index contributed by atoms with van der Waals surface area (Å²) >= 11 is 0. The van der Waals surface area contributed by atoms with Crippen LogP contribution in [0.3, 0.4) is 0 Å². The molecular formula is C15H21N. The van der Waals surface area contributed by atoms with Gasteiger partial charge < -0.3 is 0 Å². The van der Waals surface area contributed by atoms with E-state index in [-0.39, 0.29) is 5.54 Å². The summed E-state index contributed by atoms with van der Waals surface area (Å²) in [5.41, 5.74) is 3.06. The normalized spacial score (nSPS) is 21.0. The molecule has 0 N–H and O–H groups in total. The number of piperidine rings is 1. The minimum atomic E-state index is 0.255. The van der Waals surface area contributed by atoms with Crippen LogP contribution in [0, 0.1) is 0 Å². The van der Waals surface area contributed by atoms with Crippen molar-refractivity contribution in [2.45, 2.75) is 38.8 Å². The van der Waals surface area contributed by atoms with Crippen molar-refractivity contribution in [2.75, 3.05) is 6.54 Å². The SMILES string of the molecule is C=C1CCN(Cc2ccccc2)C(C)(C)C1. The first kappa shape index (κ1) is 11.4. The van der Waals surface area contributed by atoms with Gasteiger partial charge in [-0.3, -0.25) is 4.90 Å². The lowest BCUT2D eigenvalue weighted by Gasteiger charge is -2.43. The molecule has 1 aromatic carbocycles. The van der Waals surface area contributed by atoms with E-state index in [0.717, 1.165) is 25.9 Å². The molecule has 0 aromatic heterocycles. The summed E-state index contributed by atoms with van der Waals surface area (Å²) in [5, 5.41) is 0. The third kappa shape index (κ3) is 2.53. The largest absolute Gasteiger partial charge is 0.293 e. The summed E-state index contributed by atoms with van der Waals surface area (Å²) in [6.45, 7) is 11.0. The van der Waals surface area contributed by atoms with Gasteiger partial charge in [-0.25, -0.2) is 0 Å². The topological polar surface area (TPSA) is 3.24 Å². The average Bonchev–Trinajstić information content (AvgIpc) is 2.23. The van der Waals surface area contributed by atoms with Crippen LogP contribution in [-0.2, 0) is 6.54 Å². The van der Waals surface area contributed by atoms with Crippen LogP contribution in [0.1, 0.15) is 32.3 Å². The molecular weight excluding hydrogens is 194 g/mol. The minimum absolute atomic E-state index is 0.255. The van der Waals surface area contributed by atoms with E-state index >= 15 is 0 Å². The predicted octanol–water partition coefficient (Wildman–Crippen LogP) is 3.62. The number of benzene rings is 1. The molecule has 0 amide bonds. The van der Waals surface area contributed by atoms with Gasteiger partial charge in [0.25, 0.3) is 0 Å².